The first-order valence-electron chi connectivity index (χ1n) is 9.39. The zero-order valence-corrected chi connectivity index (χ0v) is 16.8. The number of aromatic hydroxyl groups is 1. The number of phenols is 1. The Balaban J connectivity index is 1.63. The molecule has 0 spiro atoms. The number of carbonyl (C=O) groups excluding carboxylic acids is 1. The van der Waals surface area contributed by atoms with Gasteiger partial charge in [-0.05, 0) is 17.7 Å². The van der Waals surface area contributed by atoms with Gasteiger partial charge in [-0.25, -0.2) is 0 Å². The van der Waals surface area contributed by atoms with Gasteiger partial charge >= 0.3 is 0 Å². The van der Waals surface area contributed by atoms with Crippen LogP contribution < -0.4 is 21.5 Å². The molecule has 8 heteroatoms. The Morgan fingerprint density at radius 3 is 2.40 bits per heavy atom. The molecule has 1 amide bonds. The maximum atomic E-state index is 12.2. The van der Waals surface area contributed by atoms with Crippen molar-refractivity contribution in [2.24, 2.45) is 0 Å². The largest absolute Gasteiger partial charge is 0.505 e. The number of amides is 1. The summed E-state index contributed by atoms with van der Waals surface area (Å²) in [6.07, 6.45) is 0. The second-order valence-electron chi connectivity index (χ2n) is 6.90. The fourth-order valence-electron chi connectivity index (χ4n) is 2.88. The lowest BCUT2D eigenvalue weighted by molar-refractivity contribution is 0.0824. The van der Waals surface area contributed by atoms with Crippen LogP contribution in [0.15, 0.2) is 58.1 Å². The highest BCUT2D eigenvalue weighted by Crippen LogP contribution is 2.31. The Kier molecular flexibility index (Phi) is 6.48. The molecule has 0 saturated carbocycles. The van der Waals surface area contributed by atoms with E-state index in [-0.39, 0.29) is 34.3 Å². The molecule has 0 aromatic heterocycles. The van der Waals surface area contributed by atoms with Crippen LogP contribution in [-0.4, -0.2) is 43.2 Å². The molecule has 30 heavy (non-hydrogen) atoms. The zero-order valence-electron chi connectivity index (χ0n) is 16.8. The standard InChI is InChI=1S/C22H23N3O5/c1-25(2)22(29)15-9-6-10-16(19(15)26)24-18-17(20(27)21(18)28)23-11-12-30-13-14-7-4-3-5-8-14/h3-10,23-24,26H,11-13H2,1-2H3. The van der Waals surface area contributed by atoms with Crippen LogP contribution in [0.1, 0.15) is 15.9 Å². The molecule has 0 heterocycles. The molecule has 0 saturated heterocycles. The average Bonchev–Trinajstić information content (AvgIpc) is 2.75. The number of hydrogen-bond donors (Lipinski definition) is 3. The Morgan fingerprint density at radius 2 is 1.70 bits per heavy atom. The number of ether oxygens (including phenoxy) is 1. The first-order chi connectivity index (χ1) is 14.4. The smallest absolute Gasteiger partial charge is 0.257 e. The third-order valence-corrected chi connectivity index (χ3v) is 4.50. The molecule has 156 valence electrons. The van der Waals surface area contributed by atoms with Gasteiger partial charge in [0.15, 0.2) is 5.75 Å². The van der Waals surface area contributed by atoms with Gasteiger partial charge in [0.25, 0.3) is 16.8 Å². The molecule has 8 nitrogen and oxygen atoms in total. The van der Waals surface area contributed by atoms with Crippen molar-refractivity contribution in [2.75, 3.05) is 37.9 Å². The molecule has 0 aliphatic rings. The van der Waals surface area contributed by atoms with Crippen molar-refractivity contribution in [3.8, 4) is 5.75 Å². The minimum absolute atomic E-state index is 0.0489. The van der Waals surface area contributed by atoms with E-state index in [2.05, 4.69) is 10.6 Å². The third-order valence-electron chi connectivity index (χ3n) is 4.50. The van der Waals surface area contributed by atoms with Gasteiger partial charge in [0.05, 0.1) is 24.5 Å². The Morgan fingerprint density at radius 1 is 1.00 bits per heavy atom. The number of nitrogens with one attached hydrogen (secondary N) is 2. The minimum Gasteiger partial charge on any atom is -0.505 e. The zero-order chi connectivity index (χ0) is 21.7. The summed E-state index contributed by atoms with van der Waals surface area (Å²) >= 11 is 0. The van der Waals surface area contributed by atoms with E-state index in [1.807, 2.05) is 30.3 Å². The Hall–Kier alpha value is -3.65. The van der Waals surface area contributed by atoms with Gasteiger partial charge in [-0.2, -0.15) is 0 Å². The van der Waals surface area contributed by atoms with Crippen molar-refractivity contribution in [3.05, 3.63) is 80.1 Å². The predicted octanol–water partition coefficient (Wildman–Crippen LogP) is 2.06. The average molecular weight is 409 g/mol. The van der Waals surface area contributed by atoms with Crippen molar-refractivity contribution < 1.29 is 14.6 Å². The number of carbonyl (C=O) groups is 1. The summed E-state index contributed by atoms with van der Waals surface area (Å²) in [7, 11) is 3.14. The Labute approximate surface area is 173 Å². The van der Waals surface area contributed by atoms with Crippen LogP contribution in [0.2, 0.25) is 0 Å². The molecular formula is C22H23N3O5. The maximum absolute atomic E-state index is 12.2. The summed E-state index contributed by atoms with van der Waals surface area (Å²) in [6, 6.07) is 14.3. The predicted molar refractivity (Wildman–Crippen MR) is 115 cm³/mol. The summed E-state index contributed by atoms with van der Waals surface area (Å²) < 4.78 is 5.55. The van der Waals surface area contributed by atoms with Gasteiger partial charge in [-0.15, -0.1) is 0 Å². The topological polar surface area (TPSA) is 108 Å². The lowest BCUT2D eigenvalue weighted by Gasteiger charge is -2.17. The van der Waals surface area contributed by atoms with Crippen molar-refractivity contribution in [1.82, 2.24) is 4.90 Å². The number of rotatable bonds is 9. The third kappa shape index (κ3) is 4.49. The molecule has 0 unspecified atom stereocenters. The molecule has 0 radical (unpaired) electrons. The second-order valence-corrected chi connectivity index (χ2v) is 6.90. The second kappa shape index (κ2) is 9.23. The number of anilines is 3. The van der Waals surface area contributed by atoms with E-state index in [4.69, 9.17) is 4.74 Å². The van der Waals surface area contributed by atoms with Crippen molar-refractivity contribution >= 4 is 23.0 Å². The highest BCUT2D eigenvalue weighted by molar-refractivity contribution is 5.99. The molecule has 0 bridgehead atoms. The summed E-state index contributed by atoms with van der Waals surface area (Å²) in [5.41, 5.74) is 0.147. The first-order valence-corrected chi connectivity index (χ1v) is 9.39. The van der Waals surface area contributed by atoms with E-state index in [9.17, 15) is 19.5 Å². The van der Waals surface area contributed by atoms with E-state index in [1.165, 1.54) is 17.0 Å². The van der Waals surface area contributed by atoms with E-state index >= 15 is 0 Å². The molecule has 0 aliphatic carbocycles. The highest BCUT2D eigenvalue weighted by Gasteiger charge is 2.23. The molecule has 3 N–H and O–H groups in total. The van der Waals surface area contributed by atoms with Crippen molar-refractivity contribution in [1.29, 1.82) is 0 Å². The van der Waals surface area contributed by atoms with Gasteiger partial charge in [0, 0.05) is 20.6 Å². The summed E-state index contributed by atoms with van der Waals surface area (Å²) in [4.78, 5) is 37.4. The molecular weight excluding hydrogens is 386 g/mol. The lowest BCUT2D eigenvalue weighted by atomic mass is 10.1. The van der Waals surface area contributed by atoms with Crippen LogP contribution in [0.25, 0.3) is 0 Å². The normalized spacial score (nSPS) is 10.7. The first kappa shape index (κ1) is 21.1. The quantitative estimate of drug-likeness (QED) is 0.282. The molecule has 0 aliphatic heterocycles. The fourth-order valence-corrected chi connectivity index (χ4v) is 2.88. The van der Waals surface area contributed by atoms with Gasteiger partial charge in [0.2, 0.25) is 0 Å². The number of phenolic OH excluding ortho intramolecular Hbond substituents is 1. The van der Waals surface area contributed by atoms with Crippen molar-refractivity contribution in [2.45, 2.75) is 6.61 Å². The van der Waals surface area contributed by atoms with Gasteiger partial charge in [0.1, 0.15) is 11.4 Å². The van der Waals surface area contributed by atoms with Crippen LogP contribution >= 0.6 is 0 Å². The number of hydrogen-bond acceptors (Lipinski definition) is 7. The fraction of sp³-hybridized carbons (Fsp3) is 0.227. The van der Waals surface area contributed by atoms with E-state index in [1.54, 1.807) is 20.2 Å². The SMILES string of the molecule is CN(C)C(=O)c1cccc(Nc2c(NCCOCc3ccccc3)c(=O)c2=O)c1O. The molecule has 3 aromatic rings. The van der Waals surface area contributed by atoms with Crippen LogP contribution in [0.4, 0.5) is 17.1 Å². The highest BCUT2D eigenvalue weighted by atomic mass is 16.5. The van der Waals surface area contributed by atoms with Crippen molar-refractivity contribution in [3.63, 3.8) is 0 Å². The maximum Gasteiger partial charge on any atom is 0.257 e. The minimum atomic E-state index is -0.688. The lowest BCUT2D eigenvalue weighted by Crippen LogP contribution is -2.37. The molecule has 3 aromatic carbocycles. The van der Waals surface area contributed by atoms with E-state index in [0.29, 0.717) is 19.8 Å². The summed E-state index contributed by atoms with van der Waals surface area (Å²) in [6.45, 7) is 1.11. The van der Waals surface area contributed by atoms with E-state index < -0.39 is 10.9 Å². The van der Waals surface area contributed by atoms with Crippen LogP contribution in [0.5, 0.6) is 5.75 Å². The Bertz CT molecular complexity index is 1100. The number of nitrogens with zero attached hydrogens (tertiary/aromatic N) is 1. The number of para-hydroxylation sites is 1. The monoisotopic (exact) mass is 409 g/mol. The summed E-state index contributed by atoms with van der Waals surface area (Å²) in [5.74, 6) is -0.670. The van der Waals surface area contributed by atoms with Gasteiger partial charge < -0.3 is 25.4 Å². The van der Waals surface area contributed by atoms with Gasteiger partial charge in [-0.3, -0.25) is 14.4 Å². The van der Waals surface area contributed by atoms with Crippen LogP contribution in [-0.2, 0) is 11.3 Å². The van der Waals surface area contributed by atoms with E-state index in [0.717, 1.165) is 5.56 Å². The number of benzene rings is 2. The summed E-state index contributed by atoms with van der Waals surface area (Å²) in [5, 5.41) is 16.1. The van der Waals surface area contributed by atoms with Gasteiger partial charge in [-0.1, -0.05) is 36.4 Å². The van der Waals surface area contributed by atoms with Crippen LogP contribution in [0, 0.1) is 0 Å². The molecule has 0 fully saturated rings. The molecule has 0 atom stereocenters. The van der Waals surface area contributed by atoms with Crippen LogP contribution in [0.3, 0.4) is 0 Å². The molecule has 3 rings (SSSR count).